The van der Waals surface area contributed by atoms with Crippen molar-refractivity contribution in [3.63, 3.8) is 0 Å². The molecule has 28 heavy (non-hydrogen) atoms. The van der Waals surface area contributed by atoms with Gasteiger partial charge in [0.05, 0.1) is 0 Å². The van der Waals surface area contributed by atoms with E-state index in [1.165, 1.54) is 44.9 Å². The smallest absolute Gasteiger partial charge is 0.276 e. The second kappa shape index (κ2) is 11.1. The summed E-state index contributed by atoms with van der Waals surface area (Å²) >= 11 is 1.61. The van der Waals surface area contributed by atoms with Gasteiger partial charge in [-0.05, 0) is 36.6 Å². The van der Waals surface area contributed by atoms with Gasteiger partial charge < -0.3 is 14.5 Å². The highest BCUT2D eigenvalue weighted by atomic mass is 32.2. The minimum Gasteiger partial charge on any atom is -0.484 e. The molecule has 0 saturated heterocycles. The molecule has 1 aromatic heterocycles. The van der Waals surface area contributed by atoms with Crippen molar-refractivity contribution in [2.45, 2.75) is 76.5 Å². The number of nitrogens with one attached hydrogen (secondary N) is 1. The minimum absolute atomic E-state index is 0.0635. The molecule has 0 aliphatic carbocycles. The second-order valence-electron chi connectivity index (χ2n) is 7.09. The fourth-order valence-corrected chi connectivity index (χ4v) is 3.94. The number of hydrogen-bond acceptors (Lipinski definition) is 6. The molecular formula is C21H29N3O3S. The van der Waals surface area contributed by atoms with Gasteiger partial charge >= 0.3 is 0 Å². The van der Waals surface area contributed by atoms with E-state index in [4.69, 9.17) is 9.15 Å². The number of ether oxygens (including phenoxy) is 1. The molecule has 6 nitrogen and oxygen atoms in total. The normalized spacial score (nSPS) is 13.2. The fourth-order valence-electron chi connectivity index (χ4n) is 3.17. The molecule has 1 aromatic carbocycles. The molecule has 0 atom stereocenters. The van der Waals surface area contributed by atoms with Gasteiger partial charge in [-0.2, -0.15) is 0 Å². The summed E-state index contributed by atoms with van der Waals surface area (Å²) in [5.41, 5.74) is 1.96. The molecule has 1 amide bonds. The predicted octanol–water partition coefficient (Wildman–Crippen LogP) is 5.38. The first-order valence-electron chi connectivity index (χ1n) is 10.3. The highest BCUT2D eigenvalue weighted by molar-refractivity contribution is 7.99. The van der Waals surface area contributed by atoms with Crippen molar-refractivity contribution >= 4 is 23.4 Å². The van der Waals surface area contributed by atoms with Gasteiger partial charge in [-0.25, -0.2) is 0 Å². The quantitative estimate of drug-likeness (QED) is 0.379. The molecule has 0 saturated carbocycles. The largest absolute Gasteiger partial charge is 0.484 e. The molecular weight excluding hydrogens is 374 g/mol. The third-order valence-electron chi connectivity index (χ3n) is 4.76. The molecule has 0 fully saturated rings. The van der Waals surface area contributed by atoms with Gasteiger partial charge in [0.2, 0.25) is 5.91 Å². The Morgan fingerprint density at radius 1 is 1.11 bits per heavy atom. The first-order valence-corrected chi connectivity index (χ1v) is 11.2. The number of hydrogen-bond donors (Lipinski definition) is 1. The number of amides is 1. The molecule has 1 aliphatic rings. The summed E-state index contributed by atoms with van der Waals surface area (Å²) in [5, 5.41) is 11.6. The van der Waals surface area contributed by atoms with Crippen LogP contribution in [0.15, 0.2) is 27.8 Å². The number of fused-ring (bicyclic) bond motifs is 1. The molecule has 1 aliphatic heterocycles. The summed E-state index contributed by atoms with van der Waals surface area (Å²) in [6.07, 6.45) is 10.3. The van der Waals surface area contributed by atoms with Crippen LogP contribution in [-0.2, 0) is 17.8 Å². The Balaban J connectivity index is 1.35. The highest BCUT2D eigenvalue weighted by Gasteiger charge is 2.15. The maximum atomic E-state index is 11.4. The fraction of sp³-hybridized carbons (Fsp3) is 0.571. The summed E-state index contributed by atoms with van der Waals surface area (Å²) in [6, 6.07) is 5.68. The first-order chi connectivity index (χ1) is 13.7. The lowest BCUT2D eigenvalue weighted by atomic mass is 10.0. The number of unbranched alkanes of at least 4 members (excludes halogenated alkanes) is 6. The van der Waals surface area contributed by atoms with Crippen LogP contribution in [0.5, 0.6) is 5.75 Å². The number of carbonyl (C=O) groups is 1. The zero-order chi connectivity index (χ0) is 19.6. The number of benzene rings is 1. The first kappa shape index (κ1) is 20.7. The Hall–Kier alpha value is -2.02. The topological polar surface area (TPSA) is 77.2 Å². The van der Waals surface area contributed by atoms with E-state index in [2.05, 4.69) is 22.4 Å². The van der Waals surface area contributed by atoms with Crippen LogP contribution in [0.2, 0.25) is 0 Å². The summed E-state index contributed by atoms with van der Waals surface area (Å²) in [5.74, 6) is 2.29. The van der Waals surface area contributed by atoms with Gasteiger partial charge in [0.15, 0.2) is 6.61 Å². The van der Waals surface area contributed by atoms with E-state index in [0.29, 0.717) is 17.5 Å². The summed E-state index contributed by atoms with van der Waals surface area (Å²) in [7, 11) is 0. The Kier molecular flexibility index (Phi) is 8.21. The van der Waals surface area contributed by atoms with E-state index >= 15 is 0 Å². The van der Waals surface area contributed by atoms with Crippen LogP contribution in [0.3, 0.4) is 0 Å². The monoisotopic (exact) mass is 403 g/mol. The number of rotatable bonds is 12. The van der Waals surface area contributed by atoms with Gasteiger partial charge in [0.25, 0.3) is 11.1 Å². The van der Waals surface area contributed by atoms with Crippen LogP contribution >= 0.6 is 11.8 Å². The van der Waals surface area contributed by atoms with Crippen LogP contribution in [0.4, 0.5) is 5.69 Å². The highest BCUT2D eigenvalue weighted by Crippen LogP contribution is 2.27. The molecule has 152 valence electrons. The maximum absolute atomic E-state index is 11.4. The summed E-state index contributed by atoms with van der Waals surface area (Å²) in [4.78, 5) is 11.4. The average Bonchev–Trinajstić information content (AvgIpc) is 3.16. The van der Waals surface area contributed by atoms with Crippen LogP contribution in [0, 0.1) is 0 Å². The third-order valence-corrected chi connectivity index (χ3v) is 5.66. The van der Waals surface area contributed by atoms with Crippen molar-refractivity contribution in [2.24, 2.45) is 0 Å². The Bertz CT molecular complexity index is 763. The molecule has 0 unspecified atom stereocenters. The Morgan fingerprint density at radius 3 is 2.79 bits per heavy atom. The van der Waals surface area contributed by atoms with Crippen molar-refractivity contribution in [3.8, 4) is 5.75 Å². The Morgan fingerprint density at radius 2 is 1.93 bits per heavy atom. The van der Waals surface area contributed by atoms with E-state index in [0.717, 1.165) is 29.2 Å². The van der Waals surface area contributed by atoms with Gasteiger partial charge in [0.1, 0.15) is 5.75 Å². The SMILES string of the molecule is CCCCCCCCCSc1nnc(COc2ccc3c(c2)CCC(=O)N3)o1. The number of aryl methyl sites for hydroxylation is 1. The molecule has 7 heteroatoms. The minimum atomic E-state index is 0.0635. The van der Waals surface area contributed by atoms with Crippen LogP contribution in [-0.4, -0.2) is 21.9 Å². The number of carbonyl (C=O) groups excluding carboxylic acids is 1. The van der Waals surface area contributed by atoms with Crippen molar-refractivity contribution in [2.75, 3.05) is 11.1 Å². The van der Waals surface area contributed by atoms with E-state index in [1.807, 2.05) is 18.2 Å². The molecule has 0 radical (unpaired) electrons. The number of anilines is 1. The van der Waals surface area contributed by atoms with Gasteiger partial charge in [0, 0.05) is 17.9 Å². The molecule has 2 aromatic rings. The molecule has 2 heterocycles. The van der Waals surface area contributed by atoms with Crippen molar-refractivity contribution in [1.29, 1.82) is 0 Å². The zero-order valence-corrected chi connectivity index (χ0v) is 17.4. The standard InChI is InChI=1S/C21H29N3O3S/c1-2-3-4-5-6-7-8-13-28-21-24-23-20(27-21)15-26-17-10-11-18-16(14-17)9-12-19(25)22-18/h10-11,14H,2-9,12-13,15H2,1H3,(H,22,25). The maximum Gasteiger partial charge on any atom is 0.276 e. The van der Waals surface area contributed by atoms with Gasteiger partial charge in [-0.15, -0.1) is 10.2 Å². The van der Waals surface area contributed by atoms with E-state index in [1.54, 1.807) is 11.8 Å². The van der Waals surface area contributed by atoms with E-state index in [9.17, 15) is 4.79 Å². The average molecular weight is 404 g/mol. The second-order valence-corrected chi connectivity index (χ2v) is 8.13. The van der Waals surface area contributed by atoms with Crippen molar-refractivity contribution < 1.29 is 13.9 Å². The molecule has 3 rings (SSSR count). The number of nitrogens with zero attached hydrogens (tertiary/aromatic N) is 2. The lowest BCUT2D eigenvalue weighted by Gasteiger charge is -2.17. The van der Waals surface area contributed by atoms with Crippen molar-refractivity contribution in [1.82, 2.24) is 10.2 Å². The van der Waals surface area contributed by atoms with E-state index < -0.39 is 0 Å². The molecule has 0 bridgehead atoms. The van der Waals surface area contributed by atoms with Crippen molar-refractivity contribution in [3.05, 3.63) is 29.7 Å². The lowest BCUT2D eigenvalue weighted by Crippen LogP contribution is -2.18. The third kappa shape index (κ3) is 6.55. The van der Waals surface area contributed by atoms with Crippen LogP contribution in [0.25, 0.3) is 0 Å². The molecule has 1 N–H and O–H groups in total. The Labute approximate surface area is 170 Å². The number of aromatic nitrogens is 2. The predicted molar refractivity (Wildman–Crippen MR) is 111 cm³/mol. The lowest BCUT2D eigenvalue weighted by molar-refractivity contribution is -0.116. The zero-order valence-electron chi connectivity index (χ0n) is 16.5. The summed E-state index contributed by atoms with van der Waals surface area (Å²) in [6.45, 7) is 2.49. The number of thioether (sulfide) groups is 1. The molecule has 0 spiro atoms. The summed E-state index contributed by atoms with van der Waals surface area (Å²) < 4.78 is 11.4. The van der Waals surface area contributed by atoms with Crippen LogP contribution in [0.1, 0.15) is 69.7 Å². The van der Waals surface area contributed by atoms with Gasteiger partial charge in [-0.3, -0.25) is 4.79 Å². The van der Waals surface area contributed by atoms with E-state index in [-0.39, 0.29) is 12.5 Å². The van der Waals surface area contributed by atoms with Gasteiger partial charge in [-0.1, -0.05) is 57.2 Å². The van der Waals surface area contributed by atoms with Crippen LogP contribution < -0.4 is 10.1 Å².